The van der Waals surface area contributed by atoms with Crippen LogP contribution in [-0.2, 0) is 0 Å². The van der Waals surface area contributed by atoms with Gasteiger partial charge in [-0.25, -0.2) is 4.98 Å². The van der Waals surface area contributed by atoms with Crippen LogP contribution in [0.15, 0.2) is 42.5 Å². The number of allylic oxidation sites excluding steroid dienone is 1. The maximum Gasteiger partial charge on any atom is 0.213 e. The molecule has 1 heterocycles. The van der Waals surface area contributed by atoms with E-state index in [9.17, 15) is 0 Å². The molecular weight excluding hydrogens is 222 g/mol. The monoisotopic (exact) mass is 239 g/mol. The fourth-order valence-electron chi connectivity index (χ4n) is 1.94. The van der Waals surface area contributed by atoms with E-state index in [2.05, 4.69) is 49.2 Å². The molecule has 18 heavy (non-hydrogen) atoms. The molecule has 2 aromatic rings. The number of ether oxygens (including phenoxy) is 1. The van der Waals surface area contributed by atoms with E-state index in [-0.39, 0.29) is 0 Å². The molecule has 0 spiro atoms. The van der Waals surface area contributed by atoms with Crippen LogP contribution >= 0.6 is 0 Å². The molecule has 0 saturated carbocycles. The average molecular weight is 239 g/mol. The number of nitrogens with zero attached hydrogens (tertiary/aromatic N) is 1. The highest BCUT2D eigenvalue weighted by Crippen LogP contribution is 2.20. The highest BCUT2D eigenvalue weighted by molar-refractivity contribution is 5.80. The molecule has 1 aromatic carbocycles. The molecule has 0 saturated heterocycles. The van der Waals surface area contributed by atoms with E-state index in [0.29, 0.717) is 5.88 Å². The molecule has 0 aliphatic rings. The number of rotatable bonds is 3. The van der Waals surface area contributed by atoms with Crippen molar-refractivity contribution in [2.75, 3.05) is 7.11 Å². The molecule has 0 amide bonds. The Morgan fingerprint density at radius 2 is 1.89 bits per heavy atom. The Hall–Kier alpha value is -2.09. The number of aryl methyl sites for hydroxylation is 1. The second-order valence-electron chi connectivity index (χ2n) is 4.25. The van der Waals surface area contributed by atoms with Crippen LogP contribution < -0.4 is 4.74 Å². The number of aromatic nitrogens is 1. The lowest BCUT2D eigenvalue weighted by molar-refractivity contribution is 0.397. The molecule has 0 aliphatic heterocycles. The third kappa shape index (κ3) is 2.77. The summed E-state index contributed by atoms with van der Waals surface area (Å²) in [5.74, 6) is 0.640. The Balaban J connectivity index is 2.35. The summed E-state index contributed by atoms with van der Waals surface area (Å²) in [5.41, 5.74) is 4.64. The topological polar surface area (TPSA) is 22.1 Å². The largest absolute Gasteiger partial charge is 0.481 e. The van der Waals surface area contributed by atoms with Crippen molar-refractivity contribution in [1.82, 2.24) is 4.98 Å². The molecule has 0 bridgehead atoms. The lowest BCUT2D eigenvalue weighted by Crippen LogP contribution is -1.90. The predicted molar refractivity (Wildman–Crippen MR) is 75.5 cm³/mol. The molecule has 0 unspecified atom stereocenters. The Kier molecular flexibility index (Phi) is 3.78. The Labute approximate surface area is 108 Å². The molecular formula is C16H17NO. The van der Waals surface area contributed by atoms with E-state index >= 15 is 0 Å². The van der Waals surface area contributed by atoms with Crippen LogP contribution in [0.3, 0.4) is 0 Å². The van der Waals surface area contributed by atoms with E-state index in [1.807, 2.05) is 18.2 Å². The normalized spacial score (nSPS) is 11.4. The summed E-state index contributed by atoms with van der Waals surface area (Å²) < 4.78 is 5.13. The molecule has 1 aromatic heterocycles. The molecule has 0 N–H and O–H groups in total. The first-order valence-corrected chi connectivity index (χ1v) is 5.96. The first-order chi connectivity index (χ1) is 8.70. The first-order valence-electron chi connectivity index (χ1n) is 5.96. The summed E-state index contributed by atoms with van der Waals surface area (Å²) in [6.45, 7) is 4.22. The molecule has 2 nitrogen and oxygen atoms in total. The van der Waals surface area contributed by atoms with E-state index in [4.69, 9.17) is 4.74 Å². The van der Waals surface area contributed by atoms with Crippen LogP contribution in [-0.4, -0.2) is 12.1 Å². The van der Waals surface area contributed by atoms with Crippen LogP contribution in [0, 0.1) is 6.92 Å². The van der Waals surface area contributed by atoms with Gasteiger partial charge in [0.15, 0.2) is 0 Å². The Bertz CT molecular complexity index is 573. The maximum atomic E-state index is 5.13. The predicted octanol–water partition coefficient (Wildman–Crippen LogP) is 3.96. The van der Waals surface area contributed by atoms with Crippen molar-refractivity contribution in [3.8, 4) is 5.88 Å². The highest BCUT2D eigenvalue weighted by Gasteiger charge is 2.00. The lowest BCUT2D eigenvalue weighted by atomic mass is 10.0. The standard InChI is InChI=1S/C16H17NO/c1-12-7-4-5-9-15(12)13(2)11-14-8-6-10-16(17-14)18-3/h4-11H,1-3H3. The molecule has 92 valence electrons. The minimum Gasteiger partial charge on any atom is -0.481 e. The van der Waals surface area contributed by atoms with Gasteiger partial charge in [-0.05, 0) is 42.7 Å². The molecule has 0 atom stereocenters. The van der Waals surface area contributed by atoms with Crippen molar-refractivity contribution >= 4 is 11.6 Å². The maximum absolute atomic E-state index is 5.13. The molecule has 2 rings (SSSR count). The zero-order valence-electron chi connectivity index (χ0n) is 11.0. The van der Waals surface area contributed by atoms with Gasteiger partial charge in [0.1, 0.15) is 0 Å². The molecule has 0 fully saturated rings. The van der Waals surface area contributed by atoms with Crippen molar-refractivity contribution in [1.29, 1.82) is 0 Å². The minimum atomic E-state index is 0.640. The van der Waals surface area contributed by atoms with E-state index in [1.54, 1.807) is 7.11 Å². The van der Waals surface area contributed by atoms with Gasteiger partial charge in [-0.1, -0.05) is 30.3 Å². The van der Waals surface area contributed by atoms with Gasteiger partial charge in [-0.15, -0.1) is 0 Å². The van der Waals surface area contributed by atoms with Gasteiger partial charge < -0.3 is 4.74 Å². The van der Waals surface area contributed by atoms with Crippen molar-refractivity contribution in [3.05, 3.63) is 59.3 Å². The van der Waals surface area contributed by atoms with Crippen molar-refractivity contribution < 1.29 is 4.74 Å². The van der Waals surface area contributed by atoms with Gasteiger partial charge in [0.25, 0.3) is 0 Å². The van der Waals surface area contributed by atoms with Crippen LogP contribution in [0.2, 0.25) is 0 Å². The number of hydrogen-bond acceptors (Lipinski definition) is 2. The highest BCUT2D eigenvalue weighted by atomic mass is 16.5. The van der Waals surface area contributed by atoms with Gasteiger partial charge in [-0.3, -0.25) is 0 Å². The van der Waals surface area contributed by atoms with E-state index < -0.39 is 0 Å². The third-order valence-electron chi connectivity index (χ3n) is 2.89. The summed E-state index contributed by atoms with van der Waals surface area (Å²) in [5, 5.41) is 0. The second-order valence-corrected chi connectivity index (χ2v) is 4.25. The zero-order chi connectivity index (χ0) is 13.0. The summed E-state index contributed by atoms with van der Waals surface area (Å²) >= 11 is 0. The molecule has 0 radical (unpaired) electrons. The fourth-order valence-corrected chi connectivity index (χ4v) is 1.94. The van der Waals surface area contributed by atoms with Crippen molar-refractivity contribution in [3.63, 3.8) is 0 Å². The second kappa shape index (κ2) is 5.50. The van der Waals surface area contributed by atoms with Gasteiger partial charge in [-0.2, -0.15) is 0 Å². The van der Waals surface area contributed by atoms with Gasteiger partial charge in [0, 0.05) is 6.07 Å². The van der Waals surface area contributed by atoms with Gasteiger partial charge >= 0.3 is 0 Å². The first kappa shape index (κ1) is 12.4. The minimum absolute atomic E-state index is 0.640. The summed E-state index contributed by atoms with van der Waals surface area (Å²) in [6, 6.07) is 14.1. The Morgan fingerprint density at radius 3 is 2.61 bits per heavy atom. The van der Waals surface area contributed by atoms with Crippen LogP contribution in [0.25, 0.3) is 11.6 Å². The number of pyridine rings is 1. The van der Waals surface area contributed by atoms with Gasteiger partial charge in [0.05, 0.1) is 12.8 Å². The average Bonchev–Trinajstić information content (AvgIpc) is 2.39. The van der Waals surface area contributed by atoms with Gasteiger partial charge in [0.2, 0.25) is 5.88 Å². The number of hydrogen-bond donors (Lipinski definition) is 0. The molecule has 0 aliphatic carbocycles. The SMILES string of the molecule is COc1cccc(C=C(C)c2ccccc2C)n1. The van der Waals surface area contributed by atoms with Crippen molar-refractivity contribution in [2.24, 2.45) is 0 Å². The van der Waals surface area contributed by atoms with Crippen molar-refractivity contribution in [2.45, 2.75) is 13.8 Å². The van der Waals surface area contributed by atoms with Crippen LogP contribution in [0.5, 0.6) is 5.88 Å². The van der Waals surface area contributed by atoms with E-state index in [0.717, 1.165) is 5.69 Å². The third-order valence-corrected chi connectivity index (χ3v) is 2.89. The van der Waals surface area contributed by atoms with Crippen LogP contribution in [0.4, 0.5) is 0 Å². The smallest absolute Gasteiger partial charge is 0.213 e. The zero-order valence-corrected chi connectivity index (χ0v) is 11.0. The Morgan fingerprint density at radius 1 is 1.11 bits per heavy atom. The van der Waals surface area contributed by atoms with Crippen LogP contribution in [0.1, 0.15) is 23.7 Å². The number of methoxy groups -OCH3 is 1. The summed E-state index contributed by atoms with van der Waals surface area (Å²) in [7, 11) is 1.63. The van der Waals surface area contributed by atoms with E-state index in [1.165, 1.54) is 16.7 Å². The summed E-state index contributed by atoms with van der Waals surface area (Å²) in [4.78, 5) is 4.39. The lowest BCUT2D eigenvalue weighted by Gasteiger charge is -2.06. The number of benzene rings is 1. The quantitative estimate of drug-likeness (QED) is 0.808. The fraction of sp³-hybridized carbons (Fsp3) is 0.188. The molecule has 2 heteroatoms. The summed E-state index contributed by atoms with van der Waals surface area (Å²) in [6.07, 6.45) is 2.07.